The molecule has 0 saturated heterocycles. The topological polar surface area (TPSA) is 179 Å². The fraction of sp³-hybridized carbons (Fsp3) is 0.636. The molecule has 120 valence electrons. The Morgan fingerprint density at radius 3 is 1.95 bits per heavy atom. The highest BCUT2D eigenvalue weighted by Gasteiger charge is 2.27. The number of nitrogens with one attached hydrogen (secondary N) is 2. The van der Waals surface area contributed by atoms with Crippen molar-refractivity contribution in [1.29, 1.82) is 0 Å². The van der Waals surface area contributed by atoms with Crippen LogP contribution >= 0.6 is 0 Å². The van der Waals surface area contributed by atoms with E-state index in [9.17, 15) is 19.2 Å². The predicted octanol–water partition coefficient (Wildman–Crippen LogP) is -2.76. The van der Waals surface area contributed by atoms with Crippen LogP contribution in [0, 0.1) is 0 Å². The Hall–Kier alpha value is -2.20. The Kier molecular flexibility index (Phi) is 7.94. The zero-order valence-corrected chi connectivity index (χ0v) is 11.4. The molecule has 10 heteroatoms. The number of carboxylic acids is 2. The monoisotopic (exact) mass is 305 g/mol. The van der Waals surface area contributed by atoms with E-state index >= 15 is 0 Å². The number of rotatable bonds is 9. The van der Waals surface area contributed by atoms with Crippen molar-refractivity contribution >= 4 is 23.8 Å². The number of aliphatic hydroxyl groups is 1. The lowest BCUT2D eigenvalue weighted by Gasteiger charge is -2.21. The summed E-state index contributed by atoms with van der Waals surface area (Å²) in [7, 11) is 0. The zero-order valence-electron chi connectivity index (χ0n) is 11.4. The van der Waals surface area contributed by atoms with E-state index in [0.29, 0.717) is 0 Å². The van der Waals surface area contributed by atoms with E-state index in [0.717, 1.165) is 0 Å². The summed E-state index contributed by atoms with van der Waals surface area (Å²) in [5, 5.41) is 30.4. The number of carbonyl (C=O) groups excluding carboxylic acids is 2. The number of hydrogen-bond donors (Lipinski definition) is 6. The van der Waals surface area contributed by atoms with E-state index in [-0.39, 0.29) is 6.42 Å². The molecule has 0 bridgehead atoms. The summed E-state index contributed by atoms with van der Waals surface area (Å²) in [6.07, 6.45) is -0.647. The number of aliphatic hydroxyl groups excluding tert-OH is 1. The van der Waals surface area contributed by atoms with Crippen LogP contribution in [-0.2, 0) is 19.2 Å². The lowest BCUT2D eigenvalue weighted by Crippen LogP contribution is -2.54. The van der Waals surface area contributed by atoms with Crippen LogP contribution in [0.1, 0.15) is 19.8 Å². The molecule has 0 saturated carbocycles. The van der Waals surface area contributed by atoms with Crippen molar-refractivity contribution < 1.29 is 34.5 Å². The Balaban J connectivity index is 4.83. The van der Waals surface area contributed by atoms with E-state index in [1.54, 1.807) is 0 Å². The van der Waals surface area contributed by atoms with Gasteiger partial charge in [0.15, 0.2) is 0 Å². The number of amides is 2. The molecule has 0 spiro atoms. The van der Waals surface area contributed by atoms with Crippen molar-refractivity contribution in [3.05, 3.63) is 0 Å². The van der Waals surface area contributed by atoms with Crippen LogP contribution in [0.3, 0.4) is 0 Å². The van der Waals surface area contributed by atoms with Gasteiger partial charge in [-0.25, -0.2) is 4.79 Å². The molecule has 0 aromatic carbocycles. The first kappa shape index (κ1) is 18.8. The molecule has 21 heavy (non-hydrogen) atoms. The molecule has 0 aliphatic rings. The quantitative estimate of drug-likeness (QED) is 0.265. The van der Waals surface area contributed by atoms with Crippen molar-refractivity contribution in [2.24, 2.45) is 5.73 Å². The van der Waals surface area contributed by atoms with Crippen molar-refractivity contribution in [3.8, 4) is 0 Å². The third-order valence-electron chi connectivity index (χ3n) is 2.49. The molecule has 7 N–H and O–H groups in total. The molecule has 0 aromatic heterocycles. The molecule has 0 aromatic rings. The maximum absolute atomic E-state index is 11.9. The van der Waals surface area contributed by atoms with E-state index in [1.807, 2.05) is 5.32 Å². The van der Waals surface area contributed by atoms with Gasteiger partial charge in [-0.3, -0.25) is 14.4 Å². The number of carbonyl (C=O) groups is 4. The second kappa shape index (κ2) is 8.87. The van der Waals surface area contributed by atoms with Gasteiger partial charge in [0.25, 0.3) is 0 Å². The summed E-state index contributed by atoms with van der Waals surface area (Å²) >= 11 is 0. The Labute approximate surface area is 120 Å². The van der Waals surface area contributed by atoms with Gasteiger partial charge in [-0.15, -0.1) is 0 Å². The van der Waals surface area contributed by atoms with E-state index < -0.39 is 54.9 Å². The number of hydrogen-bond acceptors (Lipinski definition) is 6. The van der Waals surface area contributed by atoms with Gasteiger partial charge in [0.05, 0.1) is 12.6 Å². The summed E-state index contributed by atoms with van der Waals surface area (Å²) in [6.45, 7) is 0.531. The molecule has 0 radical (unpaired) electrons. The Morgan fingerprint density at radius 1 is 1.05 bits per heavy atom. The van der Waals surface area contributed by atoms with Crippen LogP contribution in [-0.4, -0.2) is 63.8 Å². The van der Waals surface area contributed by atoms with Crippen molar-refractivity contribution in [2.45, 2.75) is 37.9 Å². The summed E-state index contributed by atoms with van der Waals surface area (Å²) in [4.78, 5) is 44.6. The summed E-state index contributed by atoms with van der Waals surface area (Å²) in [6, 6.07) is -3.72. The second-order valence-electron chi connectivity index (χ2n) is 4.36. The molecule has 0 heterocycles. The van der Waals surface area contributed by atoms with Gasteiger partial charge in [-0.1, -0.05) is 0 Å². The van der Waals surface area contributed by atoms with Crippen molar-refractivity contribution in [3.63, 3.8) is 0 Å². The first-order chi connectivity index (χ1) is 9.68. The van der Waals surface area contributed by atoms with Gasteiger partial charge in [0.2, 0.25) is 11.8 Å². The lowest BCUT2D eigenvalue weighted by atomic mass is 10.1. The van der Waals surface area contributed by atoms with E-state index in [2.05, 4.69) is 5.32 Å². The first-order valence-electron chi connectivity index (χ1n) is 6.10. The van der Waals surface area contributed by atoms with Gasteiger partial charge < -0.3 is 31.7 Å². The molecule has 0 rings (SSSR count). The fourth-order valence-electron chi connectivity index (χ4n) is 1.30. The molecule has 2 amide bonds. The van der Waals surface area contributed by atoms with E-state index in [1.165, 1.54) is 6.92 Å². The summed E-state index contributed by atoms with van der Waals surface area (Å²) in [5.41, 5.74) is 5.32. The normalized spacial score (nSPS) is 14.6. The van der Waals surface area contributed by atoms with Gasteiger partial charge in [0.1, 0.15) is 12.1 Å². The van der Waals surface area contributed by atoms with Crippen LogP contribution in [0.25, 0.3) is 0 Å². The maximum atomic E-state index is 11.9. The van der Waals surface area contributed by atoms with E-state index in [4.69, 9.17) is 21.1 Å². The minimum Gasteiger partial charge on any atom is -0.481 e. The van der Waals surface area contributed by atoms with Crippen molar-refractivity contribution in [1.82, 2.24) is 10.6 Å². The second-order valence-corrected chi connectivity index (χ2v) is 4.36. The van der Waals surface area contributed by atoms with Gasteiger partial charge >= 0.3 is 11.9 Å². The molecule has 0 unspecified atom stereocenters. The molecule has 0 fully saturated rings. The first-order valence-corrected chi connectivity index (χ1v) is 6.10. The fourth-order valence-corrected chi connectivity index (χ4v) is 1.30. The highest BCUT2D eigenvalue weighted by molar-refractivity contribution is 5.91. The number of carboxylic acid groups (broad SMARTS) is 2. The molecule has 3 atom stereocenters. The average Bonchev–Trinajstić information content (AvgIpc) is 2.39. The zero-order chi connectivity index (χ0) is 16.6. The average molecular weight is 305 g/mol. The third kappa shape index (κ3) is 7.22. The highest BCUT2D eigenvalue weighted by atomic mass is 16.4. The van der Waals surface area contributed by atoms with Crippen molar-refractivity contribution in [2.75, 3.05) is 6.61 Å². The summed E-state index contributed by atoms with van der Waals surface area (Å²) in [5.74, 6) is -4.23. The molecule has 10 nitrogen and oxygen atoms in total. The SMILES string of the molecule is C[C@H](N)C(=O)N[C@@H](CCC(=O)O)C(=O)N[C@@H](CO)C(=O)O. The van der Waals surface area contributed by atoms with Crippen LogP contribution in [0.5, 0.6) is 0 Å². The van der Waals surface area contributed by atoms with Crippen LogP contribution < -0.4 is 16.4 Å². The van der Waals surface area contributed by atoms with Crippen LogP contribution in [0.4, 0.5) is 0 Å². The molecular weight excluding hydrogens is 286 g/mol. The molecular formula is C11H19N3O7. The largest absolute Gasteiger partial charge is 0.481 e. The number of nitrogens with two attached hydrogens (primary N) is 1. The third-order valence-corrected chi connectivity index (χ3v) is 2.49. The molecule has 0 aliphatic heterocycles. The maximum Gasteiger partial charge on any atom is 0.328 e. The summed E-state index contributed by atoms with van der Waals surface area (Å²) < 4.78 is 0. The standard InChI is InChI=1S/C11H19N3O7/c1-5(12)9(18)13-6(2-3-8(16)17)10(19)14-7(4-15)11(20)21/h5-7,15H,2-4,12H2,1H3,(H,13,18)(H,14,19)(H,16,17)(H,20,21)/t5-,6-,7-/m0/s1. The van der Waals surface area contributed by atoms with Crippen LogP contribution in [0.15, 0.2) is 0 Å². The minimum absolute atomic E-state index is 0.239. The van der Waals surface area contributed by atoms with Gasteiger partial charge in [0, 0.05) is 6.42 Å². The highest BCUT2D eigenvalue weighted by Crippen LogP contribution is 2.00. The van der Waals surface area contributed by atoms with Gasteiger partial charge in [-0.2, -0.15) is 0 Å². The van der Waals surface area contributed by atoms with Gasteiger partial charge in [-0.05, 0) is 13.3 Å². The van der Waals surface area contributed by atoms with Crippen LogP contribution in [0.2, 0.25) is 0 Å². The Bertz CT molecular complexity index is 411. The Morgan fingerprint density at radius 2 is 1.57 bits per heavy atom. The number of aliphatic carboxylic acids is 2. The lowest BCUT2D eigenvalue weighted by molar-refractivity contribution is -0.144. The smallest absolute Gasteiger partial charge is 0.328 e. The molecule has 0 aliphatic carbocycles. The minimum atomic E-state index is -1.54. The predicted molar refractivity (Wildman–Crippen MR) is 69.1 cm³/mol.